The molecule has 1 atom stereocenters. The summed E-state index contributed by atoms with van der Waals surface area (Å²) in [5, 5.41) is 5.67. The number of imidazole rings is 1. The van der Waals surface area contributed by atoms with Crippen molar-refractivity contribution in [1.29, 1.82) is 0 Å². The number of pyridine rings is 1. The third-order valence-corrected chi connectivity index (χ3v) is 9.84. The zero-order chi connectivity index (χ0) is 32.8. The molecule has 0 radical (unpaired) electrons. The van der Waals surface area contributed by atoms with E-state index >= 15 is 0 Å². The fourth-order valence-corrected chi connectivity index (χ4v) is 7.13. The van der Waals surface area contributed by atoms with Gasteiger partial charge in [-0.2, -0.15) is 13.2 Å². The van der Waals surface area contributed by atoms with Crippen molar-refractivity contribution in [3.8, 4) is 0 Å². The normalized spacial score (nSPS) is 21.1. The average molecular weight is 648 g/mol. The summed E-state index contributed by atoms with van der Waals surface area (Å²) < 4.78 is 44.5. The van der Waals surface area contributed by atoms with Gasteiger partial charge in [0, 0.05) is 76.0 Å². The van der Waals surface area contributed by atoms with Gasteiger partial charge in [0.05, 0.1) is 23.0 Å². The third-order valence-electron chi connectivity index (χ3n) is 9.84. The molecule has 7 rings (SSSR count). The Morgan fingerprint density at radius 3 is 2.45 bits per heavy atom. The first kappa shape index (κ1) is 30.8. The Balaban J connectivity index is 0.960. The number of urea groups is 1. The van der Waals surface area contributed by atoms with E-state index in [0.29, 0.717) is 51.3 Å². The van der Waals surface area contributed by atoms with Crippen LogP contribution in [0.25, 0.3) is 5.65 Å². The van der Waals surface area contributed by atoms with Crippen LogP contribution in [0.15, 0.2) is 67.4 Å². The second-order valence-corrected chi connectivity index (χ2v) is 13.0. The molecule has 0 bridgehead atoms. The van der Waals surface area contributed by atoms with Crippen LogP contribution in [0.2, 0.25) is 0 Å². The molecule has 246 valence electrons. The second-order valence-electron chi connectivity index (χ2n) is 13.0. The Morgan fingerprint density at radius 2 is 1.70 bits per heavy atom. The number of carbonyl (C=O) groups is 2. The summed E-state index contributed by atoms with van der Waals surface area (Å²) in [7, 11) is 0. The fourth-order valence-electron chi connectivity index (χ4n) is 7.13. The molecule has 3 aromatic heterocycles. The van der Waals surface area contributed by atoms with Gasteiger partial charge in [0.15, 0.2) is 11.5 Å². The molecule has 11 nitrogen and oxygen atoms in total. The minimum absolute atomic E-state index is 0.0114. The summed E-state index contributed by atoms with van der Waals surface area (Å²) in [6, 6.07) is 10.7. The molecule has 3 saturated heterocycles. The number of anilines is 2. The number of aromatic nitrogens is 4. The monoisotopic (exact) mass is 647 g/mol. The highest BCUT2D eigenvalue weighted by atomic mass is 19.4. The van der Waals surface area contributed by atoms with Gasteiger partial charge >= 0.3 is 12.2 Å². The number of halogens is 3. The number of benzene rings is 1. The number of hydrogen-bond acceptors (Lipinski definition) is 7. The van der Waals surface area contributed by atoms with Gasteiger partial charge in [0.2, 0.25) is 0 Å². The number of fused-ring (bicyclic) bond motifs is 1. The molecule has 3 fully saturated rings. The summed E-state index contributed by atoms with van der Waals surface area (Å²) in [5.41, 5.74) is -0.156. The van der Waals surface area contributed by atoms with Gasteiger partial charge in [-0.25, -0.2) is 19.7 Å². The second kappa shape index (κ2) is 11.7. The van der Waals surface area contributed by atoms with Gasteiger partial charge in [0.1, 0.15) is 5.69 Å². The number of alkyl halides is 3. The molecule has 2 N–H and O–H groups in total. The molecule has 4 aromatic rings. The molecule has 3 aliphatic heterocycles. The van der Waals surface area contributed by atoms with Gasteiger partial charge in [-0.3, -0.25) is 4.79 Å². The highest BCUT2D eigenvalue weighted by molar-refractivity contribution is 5.94. The summed E-state index contributed by atoms with van der Waals surface area (Å²) in [5.74, 6) is -0.134. The SMILES string of the molecule is C[C@]1(c2ccccc2)CCN(c2cnc(C(=O)NCCN3CC4(CCN(c5nccn6ccnc56)CC4)NC3=O)c(C(F)(F)F)c2)C1. The lowest BCUT2D eigenvalue weighted by Gasteiger charge is -2.39. The summed E-state index contributed by atoms with van der Waals surface area (Å²) in [6.07, 6.45) is 5.91. The number of rotatable bonds is 7. The van der Waals surface area contributed by atoms with Gasteiger partial charge in [-0.05, 0) is 30.9 Å². The largest absolute Gasteiger partial charge is 0.418 e. The number of piperidine rings is 1. The molecule has 3 amide bonds. The Bertz CT molecular complexity index is 1790. The first-order chi connectivity index (χ1) is 22.5. The summed E-state index contributed by atoms with van der Waals surface area (Å²) >= 11 is 0. The molecule has 0 saturated carbocycles. The number of nitrogens with zero attached hydrogens (tertiary/aromatic N) is 7. The van der Waals surface area contributed by atoms with Crippen molar-refractivity contribution in [1.82, 2.24) is 34.9 Å². The van der Waals surface area contributed by atoms with Crippen LogP contribution in [0.5, 0.6) is 0 Å². The van der Waals surface area contributed by atoms with Crippen LogP contribution in [0.4, 0.5) is 29.5 Å². The van der Waals surface area contributed by atoms with E-state index in [2.05, 4.69) is 37.4 Å². The Labute approximate surface area is 269 Å². The fraction of sp³-hybridized carbons (Fsp3) is 0.424. The topological polar surface area (TPSA) is 111 Å². The lowest BCUT2D eigenvalue weighted by Crippen LogP contribution is -2.52. The van der Waals surface area contributed by atoms with Crippen molar-refractivity contribution in [3.63, 3.8) is 0 Å². The van der Waals surface area contributed by atoms with Crippen molar-refractivity contribution >= 4 is 29.1 Å². The van der Waals surface area contributed by atoms with E-state index in [0.717, 1.165) is 29.5 Å². The zero-order valence-corrected chi connectivity index (χ0v) is 26.0. The van der Waals surface area contributed by atoms with E-state index < -0.39 is 28.9 Å². The average Bonchev–Trinajstić information content (AvgIpc) is 3.79. The molecule has 6 heterocycles. The lowest BCUT2D eigenvalue weighted by atomic mass is 9.82. The van der Waals surface area contributed by atoms with Crippen molar-refractivity contribution in [2.45, 2.75) is 43.3 Å². The van der Waals surface area contributed by atoms with Gasteiger partial charge < -0.3 is 29.7 Å². The zero-order valence-electron chi connectivity index (χ0n) is 26.0. The molecular weight excluding hydrogens is 611 g/mol. The van der Waals surface area contributed by atoms with E-state index in [1.54, 1.807) is 17.3 Å². The Hall–Kier alpha value is -4.88. The van der Waals surface area contributed by atoms with Gasteiger partial charge in [-0.15, -0.1) is 0 Å². The van der Waals surface area contributed by atoms with Crippen LogP contribution in [-0.2, 0) is 11.6 Å². The highest BCUT2D eigenvalue weighted by Gasteiger charge is 2.45. The van der Waals surface area contributed by atoms with Crippen molar-refractivity contribution in [2.24, 2.45) is 0 Å². The number of amides is 3. The Morgan fingerprint density at radius 1 is 0.979 bits per heavy atom. The maximum absolute atomic E-state index is 14.2. The molecular formula is C33H36F3N9O2. The van der Waals surface area contributed by atoms with Gasteiger partial charge in [-0.1, -0.05) is 37.3 Å². The van der Waals surface area contributed by atoms with Crippen molar-refractivity contribution in [2.75, 3.05) is 55.6 Å². The lowest BCUT2D eigenvalue weighted by molar-refractivity contribution is -0.138. The summed E-state index contributed by atoms with van der Waals surface area (Å²) in [4.78, 5) is 44.5. The maximum Gasteiger partial charge on any atom is 0.418 e. The van der Waals surface area contributed by atoms with Crippen molar-refractivity contribution in [3.05, 3.63) is 84.2 Å². The minimum Gasteiger partial charge on any atom is -0.369 e. The Kier molecular flexibility index (Phi) is 7.68. The molecule has 47 heavy (non-hydrogen) atoms. The first-order valence-corrected chi connectivity index (χ1v) is 15.8. The minimum atomic E-state index is -4.77. The molecule has 0 aliphatic carbocycles. The van der Waals surface area contributed by atoms with Crippen LogP contribution in [0, 0.1) is 0 Å². The third kappa shape index (κ3) is 5.92. The van der Waals surface area contributed by atoms with Crippen LogP contribution in [-0.4, -0.2) is 87.5 Å². The first-order valence-electron chi connectivity index (χ1n) is 15.8. The molecule has 3 aliphatic rings. The predicted octanol–water partition coefficient (Wildman–Crippen LogP) is 4.11. The van der Waals surface area contributed by atoms with Crippen LogP contribution in [0.1, 0.15) is 47.8 Å². The van der Waals surface area contributed by atoms with E-state index in [9.17, 15) is 22.8 Å². The molecule has 1 spiro atoms. The van der Waals surface area contributed by atoms with E-state index in [-0.39, 0.29) is 24.5 Å². The van der Waals surface area contributed by atoms with Crippen molar-refractivity contribution < 1.29 is 22.8 Å². The predicted molar refractivity (Wildman–Crippen MR) is 169 cm³/mol. The van der Waals surface area contributed by atoms with Crippen LogP contribution in [0.3, 0.4) is 0 Å². The summed E-state index contributed by atoms with van der Waals surface area (Å²) in [6.45, 7) is 5.15. The maximum atomic E-state index is 14.2. The number of carbonyl (C=O) groups excluding carboxylic acids is 2. The van der Waals surface area contributed by atoms with E-state index in [1.165, 1.54) is 6.20 Å². The number of nitrogens with one attached hydrogen (secondary N) is 2. The molecule has 1 aromatic carbocycles. The number of hydrogen-bond donors (Lipinski definition) is 2. The van der Waals surface area contributed by atoms with E-state index in [4.69, 9.17) is 0 Å². The quantitative estimate of drug-likeness (QED) is 0.311. The molecule has 14 heteroatoms. The molecule has 0 unspecified atom stereocenters. The van der Waals surface area contributed by atoms with Gasteiger partial charge in [0.25, 0.3) is 5.91 Å². The van der Waals surface area contributed by atoms with Crippen LogP contribution < -0.4 is 20.4 Å². The smallest absolute Gasteiger partial charge is 0.369 e. The van der Waals surface area contributed by atoms with E-state index in [1.807, 2.05) is 52.0 Å². The van der Waals surface area contributed by atoms with Crippen LogP contribution >= 0.6 is 0 Å². The standard InChI is InChI=1S/C33H36F3N9O2/c1-31(23-5-3-2-4-6-23)7-13-44(21-31)24-19-25(33(34,35)36)26(40-20-24)29(46)39-12-18-45-22-32(41-30(45)47)8-14-42(15-9-32)27-28-38-11-17-43(28)16-10-37-27/h2-6,10-11,16-17,19-20H,7-9,12-15,18,21-22H2,1H3,(H,39,46)(H,41,47)/t31-/m0/s1. The highest BCUT2D eigenvalue weighted by Crippen LogP contribution is 2.39.